The average Bonchev–Trinajstić information content (AvgIpc) is 2.80. The smallest absolute Gasteiger partial charge is 0.326 e. The van der Waals surface area contributed by atoms with E-state index >= 15 is 0 Å². The van der Waals surface area contributed by atoms with Crippen molar-refractivity contribution in [3.8, 4) is 0 Å². The molecule has 0 aliphatic rings. The summed E-state index contributed by atoms with van der Waals surface area (Å²) in [6.45, 7) is 2.90. The van der Waals surface area contributed by atoms with Crippen LogP contribution in [0.5, 0.6) is 0 Å². The normalized spacial score (nSPS) is 14.3. The molecule has 35 heavy (non-hydrogen) atoms. The van der Waals surface area contributed by atoms with E-state index in [1.165, 1.54) is 0 Å². The molecule has 0 saturated carbocycles. The lowest BCUT2D eigenvalue weighted by Gasteiger charge is -2.25. The van der Waals surface area contributed by atoms with Crippen LogP contribution in [0.2, 0.25) is 0 Å². The molecule has 0 saturated heterocycles. The van der Waals surface area contributed by atoms with Crippen LogP contribution in [-0.2, 0) is 30.4 Å². The number of aliphatic hydroxyl groups is 1. The van der Waals surface area contributed by atoms with Crippen molar-refractivity contribution in [3.05, 3.63) is 35.9 Å². The van der Waals surface area contributed by atoms with E-state index in [1.807, 2.05) is 0 Å². The van der Waals surface area contributed by atoms with Gasteiger partial charge >= 0.3 is 11.9 Å². The molecule has 1 rings (SSSR count). The molecule has 12 heteroatoms. The maximum Gasteiger partial charge on any atom is 0.326 e. The molecular weight excluding hydrogens is 460 g/mol. The average molecular weight is 495 g/mol. The topological polar surface area (TPSA) is 208 Å². The van der Waals surface area contributed by atoms with Gasteiger partial charge in [0.05, 0.1) is 6.61 Å². The number of carboxylic acids is 2. The molecule has 0 spiro atoms. The summed E-state index contributed by atoms with van der Waals surface area (Å²) in [4.78, 5) is 60.8. The SMILES string of the molecule is CC(C)CC(NC(=O)C(CCC(=O)O)NC(=O)C(Cc1ccccc1)NC(=O)C(N)CO)C(=O)O. The van der Waals surface area contributed by atoms with E-state index in [4.69, 9.17) is 15.9 Å². The molecule has 12 nitrogen and oxygen atoms in total. The predicted molar refractivity (Wildman–Crippen MR) is 125 cm³/mol. The zero-order valence-electron chi connectivity index (χ0n) is 19.8. The second-order valence-corrected chi connectivity index (χ2v) is 8.56. The minimum absolute atomic E-state index is 0.0227. The van der Waals surface area contributed by atoms with E-state index in [2.05, 4.69) is 16.0 Å². The third-order valence-electron chi connectivity index (χ3n) is 5.05. The van der Waals surface area contributed by atoms with Crippen LogP contribution >= 0.6 is 0 Å². The Morgan fingerprint density at radius 2 is 1.40 bits per heavy atom. The number of hydrogen-bond donors (Lipinski definition) is 7. The summed E-state index contributed by atoms with van der Waals surface area (Å²) >= 11 is 0. The highest BCUT2D eigenvalue weighted by Crippen LogP contribution is 2.08. The number of carboxylic acid groups (broad SMARTS) is 2. The van der Waals surface area contributed by atoms with Gasteiger partial charge in [0, 0.05) is 12.8 Å². The van der Waals surface area contributed by atoms with Crippen LogP contribution in [0, 0.1) is 5.92 Å². The maximum atomic E-state index is 13.1. The van der Waals surface area contributed by atoms with Gasteiger partial charge in [0.25, 0.3) is 0 Å². The van der Waals surface area contributed by atoms with Gasteiger partial charge in [-0.25, -0.2) is 4.79 Å². The van der Waals surface area contributed by atoms with Crippen LogP contribution in [0.25, 0.3) is 0 Å². The second-order valence-electron chi connectivity index (χ2n) is 8.56. The largest absolute Gasteiger partial charge is 0.481 e. The summed E-state index contributed by atoms with van der Waals surface area (Å²) in [5.41, 5.74) is 6.21. The number of aliphatic hydroxyl groups excluding tert-OH is 1. The van der Waals surface area contributed by atoms with Gasteiger partial charge in [-0.3, -0.25) is 19.2 Å². The molecule has 4 atom stereocenters. The molecule has 0 radical (unpaired) electrons. The Labute approximate surface area is 203 Å². The zero-order valence-corrected chi connectivity index (χ0v) is 19.8. The molecule has 0 heterocycles. The van der Waals surface area contributed by atoms with Crippen LogP contribution in [0.15, 0.2) is 30.3 Å². The highest BCUT2D eigenvalue weighted by Gasteiger charge is 2.31. The molecule has 0 bridgehead atoms. The molecule has 8 N–H and O–H groups in total. The van der Waals surface area contributed by atoms with E-state index in [0.29, 0.717) is 5.56 Å². The standard InChI is InChI=1S/C23H34N4O8/c1-13(2)10-18(23(34)35)27-21(32)16(8-9-19(29)30)25-22(33)17(26-20(31)15(24)12-28)11-14-6-4-3-5-7-14/h3-7,13,15-18,28H,8-12,24H2,1-2H3,(H,25,33)(H,26,31)(H,27,32)(H,29,30)(H,34,35). The van der Waals surface area contributed by atoms with Crippen molar-refractivity contribution in [2.45, 2.75) is 63.7 Å². The minimum atomic E-state index is -1.37. The van der Waals surface area contributed by atoms with Crippen LogP contribution in [0.4, 0.5) is 0 Å². The van der Waals surface area contributed by atoms with Gasteiger partial charge in [0.15, 0.2) is 0 Å². The Balaban J connectivity index is 3.10. The first-order valence-electron chi connectivity index (χ1n) is 11.2. The lowest BCUT2D eigenvalue weighted by Crippen LogP contribution is -2.58. The third-order valence-corrected chi connectivity index (χ3v) is 5.05. The Morgan fingerprint density at radius 3 is 1.91 bits per heavy atom. The van der Waals surface area contributed by atoms with Gasteiger partial charge in [-0.15, -0.1) is 0 Å². The third kappa shape index (κ3) is 11.0. The lowest BCUT2D eigenvalue weighted by atomic mass is 10.0. The number of carbonyl (C=O) groups is 5. The number of nitrogens with one attached hydrogen (secondary N) is 3. The first-order chi connectivity index (χ1) is 16.4. The Hall–Kier alpha value is -3.51. The van der Waals surface area contributed by atoms with Gasteiger partial charge < -0.3 is 37.0 Å². The summed E-state index contributed by atoms with van der Waals surface area (Å²) in [5, 5.41) is 34.8. The van der Waals surface area contributed by atoms with E-state index < -0.39 is 66.9 Å². The predicted octanol–water partition coefficient (Wildman–Crippen LogP) is -1.00. The van der Waals surface area contributed by atoms with Gasteiger partial charge in [-0.05, 0) is 24.3 Å². The van der Waals surface area contributed by atoms with E-state index in [-0.39, 0.29) is 25.2 Å². The van der Waals surface area contributed by atoms with Crippen LogP contribution in [0.3, 0.4) is 0 Å². The summed E-state index contributed by atoms with van der Waals surface area (Å²) in [7, 11) is 0. The molecule has 194 valence electrons. The molecule has 1 aromatic rings. The molecule has 0 aromatic heterocycles. The van der Waals surface area contributed by atoms with Crippen molar-refractivity contribution in [2.75, 3.05) is 6.61 Å². The molecule has 0 fully saturated rings. The summed E-state index contributed by atoms with van der Waals surface area (Å²) in [6, 6.07) is 3.59. The number of carbonyl (C=O) groups excluding carboxylic acids is 3. The molecule has 1 aromatic carbocycles. The zero-order chi connectivity index (χ0) is 26.5. The Bertz CT molecular complexity index is 878. The number of nitrogens with two attached hydrogens (primary N) is 1. The second kappa shape index (κ2) is 14.7. The Kier molecular flexibility index (Phi) is 12.4. The quantitative estimate of drug-likeness (QED) is 0.159. The molecule has 4 unspecified atom stereocenters. The van der Waals surface area contributed by atoms with E-state index in [9.17, 15) is 29.1 Å². The first kappa shape index (κ1) is 29.5. The minimum Gasteiger partial charge on any atom is -0.481 e. The first-order valence-corrected chi connectivity index (χ1v) is 11.2. The summed E-state index contributed by atoms with van der Waals surface area (Å²) in [5.74, 6) is -4.97. The van der Waals surface area contributed by atoms with Gasteiger partial charge in [-0.1, -0.05) is 44.2 Å². The fourth-order valence-corrected chi connectivity index (χ4v) is 3.19. The maximum absolute atomic E-state index is 13.1. The fourth-order valence-electron chi connectivity index (χ4n) is 3.19. The molecule has 0 aliphatic heterocycles. The summed E-state index contributed by atoms with van der Waals surface area (Å²) in [6.07, 6.45) is -0.615. The van der Waals surface area contributed by atoms with Crippen LogP contribution in [0.1, 0.15) is 38.7 Å². The molecule has 0 aliphatic carbocycles. The number of benzene rings is 1. The number of amides is 3. The highest BCUT2D eigenvalue weighted by molar-refractivity contribution is 5.94. The van der Waals surface area contributed by atoms with E-state index in [0.717, 1.165) is 0 Å². The van der Waals surface area contributed by atoms with Crippen molar-refractivity contribution < 1.29 is 39.3 Å². The van der Waals surface area contributed by atoms with Crippen molar-refractivity contribution in [1.82, 2.24) is 16.0 Å². The van der Waals surface area contributed by atoms with Gasteiger partial charge in [0.2, 0.25) is 17.7 Å². The number of hydrogen-bond acceptors (Lipinski definition) is 7. The van der Waals surface area contributed by atoms with Crippen LogP contribution in [-0.4, -0.2) is 75.8 Å². The summed E-state index contributed by atoms with van der Waals surface area (Å²) < 4.78 is 0. The van der Waals surface area contributed by atoms with Gasteiger partial charge in [-0.2, -0.15) is 0 Å². The fraction of sp³-hybridized carbons (Fsp3) is 0.522. The highest BCUT2D eigenvalue weighted by atomic mass is 16.4. The number of rotatable bonds is 15. The Morgan fingerprint density at radius 1 is 0.857 bits per heavy atom. The molecular formula is C23H34N4O8. The van der Waals surface area contributed by atoms with Crippen molar-refractivity contribution >= 4 is 29.7 Å². The van der Waals surface area contributed by atoms with Crippen molar-refractivity contribution in [1.29, 1.82) is 0 Å². The van der Waals surface area contributed by atoms with Crippen molar-refractivity contribution in [2.24, 2.45) is 11.7 Å². The van der Waals surface area contributed by atoms with Gasteiger partial charge in [0.1, 0.15) is 24.2 Å². The van der Waals surface area contributed by atoms with Crippen LogP contribution < -0.4 is 21.7 Å². The molecule has 3 amide bonds. The lowest BCUT2D eigenvalue weighted by molar-refractivity contribution is -0.143. The van der Waals surface area contributed by atoms with Crippen molar-refractivity contribution in [3.63, 3.8) is 0 Å². The monoisotopic (exact) mass is 494 g/mol. The van der Waals surface area contributed by atoms with E-state index in [1.54, 1.807) is 44.2 Å². The number of aliphatic carboxylic acids is 2.